The zero-order valence-electron chi connectivity index (χ0n) is 28.7. The third-order valence-corrected chi connectivity index (χ3v) is 12.2. The van der Waals surface area contributed by atoms with Gasteiger partial charge in [0.05, 0.1) is 6.10 Å². The van der Waals surface area contributed by atoms with Crippen LogP contribution >= 0.6 is 0 Å². The van der Waals surface area contributed by atoms with Crippen molar-refractivity contribution in [3.63, 3.8) is 0 Å². The van der Waals surface area contributed by atoms with Crippen LogP contribution in [0.3, 0.4) is 0 Å². The molecule has 0 aromatic heterocycles. The van der Waals surface area contributed by atoms with Crippen LogP contribution < -0.4 is 0 Å². The van der Waals surface area contributed by atoms with E-state index in [-0.39, 0.29) is 18.1 Å². The Morgan fingerprint density at radius 3 is 2.58 bits per heavy atom. The third-order valence-electron chi connectivity index (χ3n) is 12.2. The fourth-order valence-corrected chi connectivity index (χ4v) is 9.98. The lowest BCUT2D eigenvalue weighted by atomic mass is 9.47. The Morgan fingerprint density at radius 2 is 1.82 bits per heavy atom. The summed E-state index contributed by atoms with van der Waals surface area (Å²) in [5, 5.41) is 0. The Morgan fingerprint density at radius 1 is 1.00 bits per heavy atom. The van der Waals surface area contributed by atoms with E-state index in [0.717, 1.165) is 62.6 Å². The summed E-state index contributed by atoms with van der Waals surface area (Å²) >= 11 is 0. The molecule has 7 nitrogen and oxygen atoms in total. The molecule has 0 spiro atoms. The molecule has 0 N–H and O–H groups in total. The Bertz CT molecular complexity index is 1140. The van der Waals surface area contributed by atoms with Gasteiger partial charge >= 0.3 is 11.9 Å². The standard InChI is InChI=1S/C38H58O7/c1-7-41-22-10-8-9-11-25(2)31-14-15-32-30-13-12-28-23-29(18-20-37(28,5)33(30)19-21-38(31,32)6)44-36-17-16-34(43-27(4)40)35(45-36)24-42-26(3)39/h11-12,16-17,29-36H,7-10,13-15,18-24H2,1-6H3/b25-11+/t29-,30-,31+,32-,33-,34-,35+,36?,37-,38+/m0/s1. The van der Waals surface area contributed by atoms with E-state index in [9.17, 15) is 9.59 Å². The zero-order valence-corrected chi connectivity index (χ0v) is 28.7. The van der Waals surface area contributed by atoms with E-state index >= 15 is 0 Å². The van der Waals surface area contributed by atoms with Crippen molar-refractivity contribution in [1.82, 2.24) is 0 Å². The normalized spacial score (nSPS) is 39.3. The van der Waals surface area contributed by atoms with E-state index in [1.54, 1.807) is 17.2 Å². The van der Waals surface area contributed by atoms with E-state index in [1.807, 2.05) is 6.08 Å². The van der Waals surface area contributed by atoms with Crippen LogP contribution in [0.2, 0.25) is 0 Å². The number of hydrogen-bond donors (Lipinski definition) is 0. The van der Waals surface area contributed by atoms with Gasteiger partial charge in [-0.3, -0.25) is 9.59 Å². The van der Waals surface area contributed by atoms with Gasteiger partial charge in [0, 0.05) is 27.1 Å². The van der Waals surface area contributed by atoms with Gasteiger partial charge in [-0.1, -0.05) is 37.1 Å². The fourth-order valence-electron chi connectivity index (χ4n) is 9.98. The summed E-state index contributed by atoms with van der Waals surface area (Å²) in [7, 11) is 0. The second kappa shape index (κ2) is 14.9. The van der Waals surface area contributed by atoms with Crippen molar-refractivity contribution in [3.8, 4) is 0 Å². The first-order valence-electron chi connectivity index (χ1n) is 17.8. The molecule has 0 amide bonds. The minimum atomic E-state index is -0.605. The molecule has 1 heterocycles. The van der Waals surface area contributed by atoms with Crippen molar-refractivity contribution in [3.05, 3.63) is 35.5 Å². The maximum atomic E-state index is 11.6. The molecule has 252 valence electrons. The monoisotopic (exact) mass is 626 g/mol. The molecule has 0 radical (unpaired) electrons. The molecule has 4 aliphatic carbocycles. The highest BCUT2D eigenvalue weighted by atomic mass is 16.7. The summed E-state index contributed by atoms with van der Waals surface area (Å²) < 4.78 is 28.7. The molecule has 0 aromatic carbocycles. The molecule has 1 aliphatic heterocycles. The van der Waals surface area contributed by atoms with E-state index in [0.29, 0.717) is 5.41 Å². The molecule has 1 unspecified atom stereocenters. The van der Waals surface area contributed by atoms with Gasteiger partial charge in [-0.05, 0) is 131 Å². The molecular formula is C38H58O7. The quantitative estimate of drug-likeness (QED) is 0.124. The summed E-state index contributed by atoms with van der Waals surface area (Å²) in [6, 6.07) is 0. The number of ether oxygens (including phenoxy) is 5. The van der Waals surface area contributed by atoms with E-state index < -0.39 is 30.4 Å². The van der Waals surface area contributed by atoms with Gasteiger partial charge < -0.3 is 23.7 Å². The first-order chi connectivity index (χ1) is 21.5. The molecule has 10 atom stereocenters. The van der Waals surface area contributed by atoms with E-state index in [2.05, 4.69) is 39.8 Å². The molecule has 7 heteroatoms. The highest BCUT2D eigenvalue weighted by molar-refractivity contribution is 5.66. The van der Waals surface area contributed by atoms with E-state index in [1.165, 1.54) is 58.8 Å². The van der Waals surface area contributed by atoms with Crippen LogP contribution in [0.4, 0.5) is 0 Å². The van der Waals surface area contributed by atoms with Gasteiger partial charge in [0.2, 0.25) is 0 Å². The minimum absolute atomic E-state index is 0.0131. The average Bonchev–Trinajstić information content (AvgIpc) is 3.36. The predicted octanol–water partition coefficient (Wildman–Crippen LogP) is 7.88. The first-order valence-corrected chi connectivity index (χ1v) is 17.8. The van der Waals surface area contributed by atoms with Crippen molar-refractivity contribution in [2.75, 3.05) is 19.8 Å². The number of unbranched alkanes of at least 4 members (excludes halogenated alkanes) is 2. The number of allylic oxidation sites excluding steroid dienone is 3. The molecule has 45 heavy (non-hydrogen) atoms. The number of esters is 2. The maximum Gasteiger partial charge on any atom is 0.303 e. The Hall–Kier alpha value is -1.96. The number of rotatable bonds is 12. The van der Waals surface area contributed by atoms with Gasteiger partial charge in [0.15, 0.2) is 6.29 Å². The Labute approximate surface area is 271 Å². The maximum absolute atomic E-state index is 11.6. The number of carbonyl (C=O) groups excluding carboxylic acids is 2. The van der Waals surface area contributed by atoms with Gasteiger partial charge in [-0.15, -0.1) is 0 Å². The summed E-state index contributed by atoms with van der Waals surface area (Å²) in [6.45, 7) is 14.1. The number of fused-ring (bicyclic) bond motifs is 5. The van der Waals surface area contributed by atoms with Crippen molar-refractivity contribution in [2.45, 2.75) is 137 Å². The number of hydrogen-bond acceptors (Lipinski definition) is 7. The van der Waals surface area contributed by atoms with E-state index in [4.69, 9.17) is 23.7 Å². The number of carbonyl (C=O) groups is 2. The molecule has 5 aliphatic rings. The lowest BCUT2D eigenvalue weighted by molar-refractivity contribution is -0.213. The lowest BCUT2D eigenvalue weighted by Gasteiger charge is -2.58. The molecule has 3 fully saturated rings. The highest BCUT2D eigenvalue weighted by Crippen LogP contribution is 2.67. The summed E-state index contributed by atoms with van der Waals surface area (Å²) in [5.74, 6) is 2.28. The predicted molar refractivity (Wildman–Crippen MR) is 174 cm³/mol. The van der Waals surface area contributed by atoms with Crippen LogP contribution in [0.15, 0.2) is 35.5 Å². The molecule has 0 bridgehead atoms. The molecular weight excluding hydrogens is 568 g/mol. The van der Waals surface area contributed by atoms with Crippen LogP contribution in [0.5, 0.6) is 0 Å². The molecule has 5 rings (SSSR count). The SMILES string of the molecule is CCOCCCC/C=C(\C)[C@H]1CC[C@H]2[C@@H]3CC=C4C[C@@H](OC5C=C[C@H](OC(C)=O)[C@@H](COC(C)=O)O5)CC[C@]4(C)[C@H]3CC[C@]12C. The topological polar surface area (TPSA) is 80.3 Å². The zero-order chi connectivity index (χ0) is 32.2. The Balaban J connectivity index is 1.20. The molecule has 3 saturated carbocycles. The van der Waals surface area contributed by atoms with Crippen LogP contribution in [0.1, 0.15) is 112 Å². The van der Waals surface area contributed by atoms with Crippen molar-refractivity contribution in [1.29, 1.82) is 0 Å². The summed E-state index contributed by atoms with van der Waals surface area (Å²) in [5.41, 5.74) is 3.89. The Kier molecular flexibility index (Phi) is 11.3. The minimum Gasteiger partial charge on any atom is -0.463 e. The van der Waals surface area contributed by atoms with Crippen molar-refractivity contribution >= 4 is 11.9 Å². The van der Waals surface area contributed by atoms with Crippen LogP contribution in [0, 0.1) is 34.5 Å². The van der Waals surface area contributed by atoms with Gasteiger partial charge in [-0.2, -0.15) is 0 Å². The van der Waals surface area contributed by atoms with Crippen molar-refractivity contribution < 1.29 is 33.3 Å². The smallest absolute Gasteiger partial charge is 0.303 e. The lowest BCUT2D eigenvalue weighted by Crippen LogP contribution is -2.51. The largest absolute Gasteiger partial charge is 0.463 e. The first kappa shape index (κ1) is 34.4. The van der Waals surface area contributed by atoms with Crippen LogP contribution in [-0.4, -0.2) is 56.4 Å². The second-order valence-electron chi connectivity index (χ2n) is 14.9. The third kappa shape index (κ3) is 7.62. The van der Waals surface area contributed by atoms with Crippen molar-refractivity contribution in [2.24, 2.45) is 34.5 Å². The highest BCUT2D eigenvalue weighted by Gasteiger charge is 2.58. The molecule has 0 saturated heterocycles. The van der Waals surface area contributed by atoms with Gasteiger partial charge in [0.1, 0.15) is 18.8 Å². The van der Waals surface area contributed by atoms with Crippen LogP contribution in [0.25, 0.3) is 0 Å². The van der Waals surface area contributed by atoms with Gasteiger partial charge in [0.25, 0.3) is 0 Å². The van der Waals surface area contributed by atoms with Crippen LogP contribution in [-0.2, 0) is 33.3 Å². The van der Waals surface area contributed by atoms with Gasteiger partial charge in [-0.25, -0.2) is 0 Å². The molecule has 0 aromatic rings. The second-order valence-corrected chi connectivity index (χ2v) is 14.9. The average molecular weight is 627 g/mol. The summed E-state index contributed by atoms with van der Waals surface area (Å²) in [6.07, 6.45) is 20.3. The fraction of sp³-hybridized carbons (Fsp3) is 0.789. The summed E-state index contributed by atoms with van der Waals surface area (Å²) in [4.78, 5) is 23.0.